The Morgan fingerprint density at radius 3 is 2.57 bits per heavy atom. The van der Waals surface area contributed by atoms with Crippen molar-refractivity contribution in [2.75, 3.05) is 18.4 Å². The molecular weight excluding hydrogens is 281 g/mol. The van der Waals surface area contributed by atoms with Crippen LogP contribution in [0.25, 0.3) is 0 Å². The molecule has 4 N–H and O–H groups in total. The number of carbonyl (C=O) groups excluding carboxylic acids is 2. The van der Waals surface area contributed by atoms with E-state index in [-0.39, 0.29) is 24.6 Å². The summed E-state index contributed by atoms with van der Waals surface area (Å²) in [6, 6.07) is 2.83. The van der Waals surface area contributed by atoms with Crippen LogP contribution in [0.15, 0.2) is 18.2 Å². The predicted molar refractivity (Wildman–Crippen MR) is 73.7 cm³/mol. The Morgan fingerprint density at radius 2 is 1.95 bits per heavy atom. The molecule has 0 bridgehead atoms. The van der Waals surface area contributed by atoms with Gasteiger partial charge in [0.05, 0.1) is 5.69 Å². The van der Waals surface area contributed by atoms with Gasteiger partial charge in [0.1, 0.15) is 11.4 Å². The second kappa shape index (κ2) is 7.83. The molecule has 0 fully saturated rings. The minimum atomic E-state index is -1.48. The number of benzene rings is 1. The Kier molecular flexibility index (Phi) is 6.12. The molecule has 0 heterocycles. The average molecular weight is 297 g/mol. The van der Waals surface area contributed by atoms with Crippen molar-refractivity contribution in [1.29, 1.82) is 0 Å². The lowest BCUT2D eigenvalue weighted by Gasteiger charge is -2.10. The molecule has 1 aromatic rings. The van der Waals surface area contributed by atoms with Gasteiger partial charge in [-0.3, -0.25) is 4.79 Å². The SMILES string of the molecule is CCNC(=O)CCNC(=O)Nc1cccc(F)c1C(=O)O. The van der Waals surface area contributed by atoms with Gasteiger partial charge in [-0.25, -0.2) is 14.0 Å². The third-order valence-corrected chi connectivity index (χ3v) is 2.49. The first kappa shape index (κ1) is 16.4. The predicted octanol–water partition coefficient (Wildman–Crippen LogP) is 1.17. The minimum Gasteiger partial charge on any atom is -0.478 e. The fourth-order valence-corrected chi connectivity index (χ4v) is 1.59. The Bertz CT molecular complexity index is 548. The van der Waals surface area contributed by atoms with Crippen LogP contribution in [-0.4, -0.2) is 36.1 Å². The molecule has 0 saturated carbocycles. The lowest BCUT2D eigenvalue weighted by Crippen LogP contribution is -2.33. The van der Waals surface area contributed by atoms with Crippen LogP contribution < -0.4 is 16.0 Å². The molecular formula is C13H16FN3O4. The number of carbonyl (C=O) groups is 3. The van der Waals surface area contributed by atoms with Crippen LogP contribution in [-0.2, 0) is 4.79 Å². The summed E-state index contributed by atoms with van der Waals surface area (Å²) >= 11 is 0. The van der Waals surface area contributed by atoms with Crippen LogP contribution in [0.1, 0.15) is 23.7 Å². The van der Waals surface area contributed by atoms with Crippen LogP contribution in [0.3, 0.4) is 0 Å². The van der Waals surface area contributed by atoms with E-state index in [2.05, 4.69) is 16.0 Å². The molecule has 0 aliphatic heterocycles. The number of nitrogens with one attached hydrogen (secondary N) is 3. The van der Waals surface area contributed by atoms with E-state index in [9.17, 15) is 18.8 Å². The smallest absolute Gasteiger partial charge is 0.340 e. The number of urea groups is 1. The van der Waals surface area contributed by atoms with Gasteiger partial charge in [0.2, 0.25) is 5.91 Å². The number of aromatic carboxylic acids is 1. The number of rotatable bonds is 6. The Hall–Kier alpha value is -2.64. The number of carboxylic acids is 1. The van der Waals surface area contributed by atoms with Crippen molar-refractivity contribution in [2.24, 2.45) is 0 Å². The largest absolute Gasteiger partial charge is 0.478 e. The van der Waals surface area contributed by atoms with Gasteiger partial charge in [-0.15, -0.1) is 0 Å². The lowest BCUT2D eigenvalue weighted by atomic mass is 10.1. The summed E-state index contributed by atoms with van der Waals surface area (Å²) in [6.45, 7) is 2.35. The highest BCUT2D eigenvalue weighted by Gasteiger charge is 2.17. The van der Waals surface area contributed by atoms with Crippen molar-refractivity contribution in [3.63, 3.8) is 0 Å². The molecule has 0 atom stereocenters. The number of hydrogen-bond donors (Lipinski definition) is 4. The van der Waals surface area contributed by atoms with Crippen molar-refractivity contribution in [3.8, 4) is 0 Å². The number of hydrogen-bond acceptors (Lipinski definition) is 3. The highest BCUT2D eigenvalue weighted by molar-refractivity contribution is 6.00. The van der Waals surface area contributed by atoms with E-state index < -0.39 is 23.4 Å². The van der Waals surface area contributed by atoms with Gasteiger partial charge < -0.3 is 21.1 Å². The zero-order valence-corrected chi connectivity index (χ0v) is 11.4. The Balaban J connectivity index is 2.58. The van der Waals surface area contributed by atoms with E-state index in [1.165, 1.54) is 12.1 Å². The van der Waals surface area contributed by atoms with Crippen LogP contribution in [0, 0.1) is 5.82 Å². The summed E-state index contributed by atoms with van der Waals surface area (Å²) in [6.07, 6.45) is 0.0935. The summed E-state index contributed by atoms with van der Waals surface area (Å²) in [5, 5.41) is 16.1. The summed E-state index contributed by atoms with van der Waals surface area (Å²) < 4.78 is 13.4. The molecule has 0 aliphatic rings. The molecule has 114 valence electrons. The highest BCUT2D eigenvalue weighted by Crippen LogP contribution is 2.18. The fraction of sp³-hybridized carbons (Fsp3) is 0.308. The van der Waals surface area contributed by atoms with E-state index in [4.69, 9.17) is 5.11 Å². The zero-order valence-electron chi connectivity index (χ0n) is 11.4. The molecule has 1 aromatic carbocycles. The summed E-state index contributed by atoms with van der Waals surface area (Å²) in [7, 11) is 0. The molecule has 1 rings (SSSR count). The number of halogens is 1. The standard InChI is InChI=1S/C13H16FN3O4/c1-2-15-10(18)6-7-16-13(21)17-9-5-3-4-8(14)11(9)12(19)20/h3-5H,2,6-7H2,1H3,(H,15,18)(H,19,20)(H2,16,17,21). The lowest BCUT2D eigenvalue weighted by molar-refractivity contribution is -0.120. The molecule has 21 heavy (non-hydrogen) atoms. The first-order valence-electron chi connectivity index (χ1n) is 6.29. The van der Waals surface area contributed by atoms with Gasteiger partial charge in [-0.1, -0.05) is 6.07 Å². The number of amides is 3. The van der Waals surface area contributed by atoms with E-state index in [0.717, 1.165) is 6.07 Å². The molecule has 8 heteroatoms. The van der Waals surface area contributed by atoms with Gasteiger partial charge in [0.25, 0.3) is 0 Å². The molecule has 0 unspecified atom stereocenters. The van der Waals surface area contributed by atoms with Crippen LogP contribution in [0.5, 0.6) is 0 Å². The van der Waals surface area contributed by atoms with Gasteiger partial charge in [-0.2, -0.15) is 0 Å². The van der Waals surface area contributed by atoms with Crippen molar-refractivity contribution in [2.45, 2.75) is 13.3 Å². The Morgan fingerprint density at radius 1 is 1.24 bits per heavy atom. The molecule has 0 radical (unpaired) electrons. The van der Waals surface area contributed by atoms with Gasteiger partial charge >= 0.3 is 12.0 Å². The van der Waals surface area contributed by atoms with Crippen LogP contribution in [0.4, 0.5) is 14.9 Å². The second-order valence-corrected chi connectivity index (χ2v) is 4.05. The normalized spacial score (nSPS) is 9.81. The second-order valence-electron chi connectivity index (χ2n) is 4.05. The summed E-state index contributed by atoms with van der Waals surface area (Å²) in [4.78, 5) is 33.7. The quantitative estimate of drug-likeness (QED) is 0.632. The first-order valence-corrected chi connectivity index (χ1v) is 6.29. The third kappa shape index (κ3) is 5.09. The monoisotopic (exact) mass is 297 g/mol. The average Bonchev–Trinajstić information content (AvgIpc) is 2.38. The maximum Gasteiger partial charge on any atom is 0.340 e. The zero-order chi connectivity index (χ0) is 15.8. The molecule has 0 spiro atoms. The molecule has 3 amide bonds. The van der Waals surface area contributed by atoms with Gasteiger partial charge in [-0.05, 0) is 19.1 Å². The maximum absolute atomic E-state index is 13.4. The van der Waals surface area contributed by atoms with Gasteiger partial charge in [0.15, 0.2) is 0 Å². The van der Waals surface area contributed by atoms with E-state index in [0.29, 0.717) is 6.54 Å². The molecule has 7 nitrogen and oxygen atoms in total. The molecule has 0 aliphatic carbocycles. The third-order valence-electron chi connectivity index (χ3n) is 2.49. The fourth-order valence-electron chi connectivity index (χ4n) is 1.59. The van der Waals surface area contributed by atoms with Crippen LogP contribution in [0.2, 0.25) is 0 Å². The summed E-state index contributed by atoms with van der Waals surface area (Å²) in [5.41, 5.74) is -0.769. The van der Waals surface area contributed by atoms with Crippen molar-refractivity contribution < 1.29 is 23.9 Å². The van der Waals surface area contributed by atoms with Crippen molar-refractivity contribution in [1.82, 2.24) is 10.6 Å². The van der Waals surface area contributed by atoms with Crippen molar-refractivity contribution in [3.05, 3.63) is 29.6 Å². The van der Waals surface area contributed by atoms with Gasteiger partial charge in [0, 0.05) is 19.5 Å². The van der Waals surface area contributed by atoms with Crippen LogP contribution >= 0.6 is 0 Å². The first-order chi connectivity index (χ1) is 9.95. The number of carboxylic acid groups (broad SMARTS) is 1. The topological polar surface area (TPSA) is 108 Å². The minimum absolute atomic E-state index is 0.0788. The molecule has 0 aromatic heterocycles. The summed E-state index contributed by atoms with van der Waals surface area (Å²) in [5.74, 6) is -2.64. The van der Waals surface area contributed by atoms with E-state index in [1.807, 2.05) is 0 Å². The van der Waals surface area contributed by atoms with Crippen molar-refractivity contribution >= 4 is 23.6 Å². The highest BCUT2D eigenvalue weighted by atomic mass is 19.1. The maximum atomic E-state index is 13.4. The molecule has 0 saturated heterocycles. The van der Waals surface area contributed by atoms with E-state index >= 15 is 0 Å². The van der Waals surface area contributed by atoms with E-state index in [1.54, 1.807) is 6.92 Å². The number of anilines is 1. The Labute approximate surface area is 120 Å².